The molecule has 0 saturated carbocycles. The third-order valence-corrected chi connectivity index (χ3v) is 0. The maximum absolute atomic E-state index is 8.28. The van der Waals surface area contributed by atoms with Crippen molar-refractivity contribution in [2.75, 3.05) is 0 Å². The molecule has 0 atom stereocenters. The first-order valence-electron chi connectivity index (χ1n) is 0.524. The third kappa shape index (κ3) is 11.4. The van der Waals surface area contributed by atoms with Gasteiger partial charge in [-0.1, -0.05) is 0 Å². The monoisotopic (exact) mass is 153 g/mol. The minimum absolute atomic E-state index is 0.611. The van der Waals surface area contributed by atoms with E-state index in [9.17, 15) is 0 Å². The number of rotatable bonds is 0. The van der Waals surface area contributed by atoms with Crippen LogP contribution in [-0.4, -0.2) is 21.7 Å². The van der Waals surface area contributed by atoms with E-state index in [2.05, 4.69) is 5.47 Å². The maximum atomic E-state index is 8.28. The van der Waals surface area contributed by atoms with Gasteiger partial charge in [-0.25, -0.2) is 0 Å². The van der Waals surface area contributed by atoms with Gasteiger partial charge >= 0.3 is 44.4 Å². The van der Waals surface area contributed by atoms with Crippen LogP contribution in [0.2, 0.25) is 0 Å². The van der Waals surface area contributed by atoms with Gasteiger partial charge in [0.25, 0.3) is 0 Å². The summed E-state index contributed by atoms with van der Waals surface area (Å²) in [6, 6.07) is 0. The van der Waals surface area contributed by atoms with Gasteiger partial charge in [0.15, 0.2) is 0 Å². The molecule has 0 aromatic carbocycles. The molecule has 0 aliphatic carbocycles. The van der Waals surface area contributed by atoms with Crippen LogP contribution in [-0.2, 0) is 22.7 Å². The Hall–Kier alpha value is 1.09. The van der Waals surface area contributed by atoms with E-state index in [1.165, 1.54) is 18.9 Å². The van der Waals surface area contributed by atoms with Gasteiger partial charge in [-0.05, 0) is 0 Å². The van der Waals surface area contributed by atoms with Crippen LogP contribution in [0.4, 0.5) is 0 Å². The average Bonchev–Trinajstić information content (AvgIpc) is 1.50. The standard InChI is InChI=1S/Al.B.Mo.O.H. The number of hydrogen-bond acceptors (Lipinski definition) is 1. The van der Waals surface area contributed by atoms with Crippen molar-refractivity contribution in [3.63, 3.8) is 0 Å². The molecule has 0 aromatic rings. The summed E-state index contributed by atoms with van der Waals surface area (Å²) >= 11 is 2.06. The molecule has 0 radical (unpaired) electrons. The summed E-state index contributed by atoms with van der Waals surface area (Å²) < 4.78 is 8.28. The molecule has 0 N–H and O–H groups in total. The van der Waals surface area contributed by atoms with Gasteiger partial charge in [-0.2, -0.15) is 0 Å². The Kier molecular flexibility index (Phi) is 73.6. The molecule has 0 fully saturated rings. The molecule has 0 aliphatic heterocycles. The molecule has 0 aromatic heterocycles. The first-order valence-corrected chi connectivity index (χ1v) is 2.26. The molecule has 0 rings (SSSR count). The second kappa shape index (κ2) is 33.0. The first-order chi connectivity index (χ1) is 2.00. The van der Waals surface area contributed by atoms with Crippen molar-refractivity contribution in [1.29, 1.82) is 0 Å². The predicted molar refractivity (Wildman–Crippen MR) is 13.6 cm³/mol. The van der Waals surface area contributed by atoms with Crippen molar-refractivity contribution >= 4 is 21.7 Å². The number of hydrogen-bond donors (Lipinski definition) is 0. The Morgan fingerprint density at radius 2 is 1.50 bits per heavy atom. The van der Waals surface area contributed by atoms with Crippen molar-refractivity contribution in [2.45, 2.75) is 0 Å². The summed E-state index contributed by atoms with van der Waals surface area (Å²) in [4.78, 5) is 0. The summed E-state index contributed by atoms with van der Waals surface area (Å²) in [5.74, 6) is 0. The van der Waals surface area contributed by atoms with E-state index in [0.29, 0.717) is 16.2 Å². The first kappa shape index (κ1) is 8.92. The van der Waals surface area contributed by atoms with Gasteiger partial charge in [-0.3, -0.25) is 0 Å². The van der Waals surface area contributed by atoms with E-state index < -0.39 is 0 Å². The van der Waals surface area contributed by atoms with E-state index in [1.54, 1.807) is 0 Å². The van der Waals surface area contributed by atoms with Crippen molar-refractivity contribution in [2.24, 2.45) is 0 Å². The predicted octanol–water partition coefficient (Wildman–Crippen LogP) is -1.15. The quantitative estimate of drug-likeness (QED) is 0.399. The Bertz CT molecular complexity index is 19.2. The second-order valence-corrected chi connectivity index (χ2v) is 0. The van der Waals surface area contributed by atoms with Crippen LogP contribution < -0.4 is 0 Å². The van der Waals surface area contributed by atoms with Crippen molar-refractivity contribution in [3.8, 4) is 0 Å². The van der Waals surface area contributed by atoms with Gasteiger partial charge in [0, 0.05) is 0 Å². The zero-order chi connectivity index (χ0) is 4.00. The molecule has 0 heterocycles. The van der Waals surface area contributed by atoms with Crippen LogP contribution >= 0.6 is 0 Å². The average molecular weight is 151 g/mol. The molecule has 0 unspecified atom stereocenters. The van der Waals surface area contributed by atoms with Gasteiger partial charge < -0.3 is 0 Å². The normalized spacial score (nSPS) is 2.00. The Balaban J connectivity index is 0. The van der Waals surface area contributed by atoms with Gasteiger partial charge in [0.2, 0.25) is 0 Å². The molecule has 4 heavy (non-hydrogen) atoms. The van der Waals surface area contributed by atoms with E-state index in [-0.39, 0.29) is 0 Å². The molecular weight excluding hydrogens is 150 g/mol. The third-order valence-electron chi connectivity index (χ3n) is 0. The van der Waals surface area contributed by atoms with Crippen LogP contribution in [0.5, 0.6) is 0 Å². The molecule has 1 nitrogen and oxygen atoms in total. The molecule has 0 aliphatic rings. The minimum atomic E-state index is 0.611. The van der Waals surface area contributed by atoms with Crippen LogP contribution in [0, 0.1) is 0 Å². The molecular formula is HAlBMoO. The molecule has 0 bridgehead atoms. The second-order valence-electron chi connectivity index (χ2n) is 0. The Labute approximate surface area is 44.5 Å². The molecule has 19 valence electrons. The summed E-state index contributed by atoms with van der Waals surface area (Å²) in [6.07, 6.45) is 0. The van der Waals surface area contributed by atoms with Gasteiger partial charge in [0.05, 0.1) is 0 Å². The molecule has 0 amide bonds. The summed E-state index contributed by atoms with van der Waals surface area (Å²) in [6.45, 7) is 0. The van der Waals surface area contributed by atoms with Crippen molar-refractivity contribution in [1.82, 2.24) is 0 Å². The van der Waals surface area contributed by atoms with Crippen molar-refractivity contribution < 1.29 is 22.7 Å². The summed E-state index contributed by atoms with van der Waals surface area (Å²) in [5, 5.41) is 0. The molecule has 4 heteroatoms. The van der Waals surface area contributed by atoms with Gasteiger partial charge in [-0.15, -0.1) is 0 Å². The zero-order valence-electron chi connectivity index (χ0n) is 2.10. The van der Waals surface area contributed by atoms with Crippen LogP contribution in [0.3, 0.4) is 0 Å². The Morgan fingerprint density at radius 3 is 1.50 bits per heavy atom. The zero-order valence-corrected chi connectivity index (χ0v) is 5.52. The van der Waals surface area contributed by atoms with Crippen LogP contribution in [0.25, 0.3) is 0 Å². The fraction of sp³-hybridized carbons (Fsp3) is 0. The van der Waals surface area contributed by atoms with Gasteiger partial charge in [0.1, 0.15) is 0 Å². The van der Waals surface area contributed by atoms with E-state index >= 15 is 0 Å². The van der Waals surface area contributed by atoms with E-state index in [0.717, 1.165) is 0 Å². The van der Waals surface area contributed by atoms with Crippen LogP contribution in [0.1, 0.15) is 0 Å². The van der Waals surface area contributed by atoms with E-state index in [4.69, 9.17) is 3.80 Å². The molecule has 0 spiro atoms. The van der Waals surface area contributed by atoms with Crippen LogP contribution in [0.15, 0.2) is 0 Å². The fourth-order valence-electron chi connectivity index (χ4n) is 0. The Morgan fingerprint density at radius 1 is 1.50 bits per heavy atom. The topological polar surface area (TPSA) is 17.1 Å². The summed E-state index contributed by atoms with van der Waals surface area (Å²) in [5.41, 5.74) is 4.51. The fourth-order valence-corrected chi connectivity index (χ4v) is 0. The van der Waals surface area contributed by atoms with E-state index in [1.807, 2.05) is 0 Å². The van der Waals surface area contributed by atoms with Crippen molar-refractivity contribution in [3.05, 3.63) is 0 Å². The SMILES string of the molecule is [B]#[Mo].[O]=[AlH]. The summed E-state index contributed by atoms with van der Waals surface area (Å²) in [7, 11) is 0. The molecule has 0 saturated heterocycles.